The van der Waals surface area contributed by atoms with Gasteiger partial charge in [0.05, 0.1) is 63.3 Å². The van der Waals surface area contributed by atoms with Gasteiger partial charge in [-0.25, -0.2) is 33.7 Å². The summed E-state index contributed by atoms with van der Waals surface area (Å²) in [5, 5.41) is 2.90. The molecule has 27 heteroatoms. The zero-order valence-electron chi connectivity index (χ0n) is 46.9. The van der Waals surface area contributed by atoms with E-state index in [2.05, 4.69) is 5.32 Å². The Morgan fingerprint density at radius 3 is 1.88 bits per heavy atom. The minimum absolute atomic E-state index is 0.158. The molecule has 1 N–H and O–H groups in total. The Bertz CT molecular complexity index is 3640. The number of benzene rings is 3. The lowest BCUT2D eigenvalue weighted by Gasteiger charge is -2.28. The maximum Gasteiger partial charge on any atom is 0.253 e. The van der Waals surface area contributed by atoms with Crippen LogP contribution in [0.4, 0.5) is 11.4 Å². The lowest BCUT2D eigenvalue weighted by molar-refractivity contribution is -0.432. The molecule has 0 unspecified atom stereocenters. The molecular weight excluding hydrogens is 1170 g/mol. The van der Waals surface area contributed by atoms with Crippen LogP contribution in [0, 0.1) is 0 Å². The van der Waals surface area contributed by atoms with Gasteiger partial charge in [0, 0.05) is 85.9 Å². The first-order chi connectivity index (χ1) is 39.4. The Labute approximate surface area is 490 Å². The summed E-state index contributed by atoms with van der Waals surface area (Å²) in [4.78, 5) is 37.8. The Balaban J connectivity index is 1.06. The number of hydrogen-bond donors (Lipinski definition) is 1. The number of amides is 3. The monoisotopic (exact) mass is 1240 g/mol. The minimum Gasteiger partial charge on any atom is -0.748 e. The summed E-state index contributed by atoms with van der Waals surface area (Å²) in [6.07, 6.45) is 12.7. The van der Waals surface area contributed by atoms with E-state index in [0.29, 0.717) is 148 Å². The Hall–Kier alpha value is -6.24. The second kappa shape index (κ2) is 27.4. The third-order valence-corrected chi connectivity index (χ3v) is 17.7. The molecule has 0 radical (unpaired) electrons. The summed E-state index contributed by atoms with van der Waals surface area (Å²) in [6, 6.07) is 14.6. The van der Waals surface area contributed by atoms with Gasteiger partial charge in [-0.1, -0.05) is 32.1 Å². The minimum atomic E-state index is -4.89. The summed E-state index contributed by atoms with van der Waals surface area (Å²) in [7, 11) is -19.2. The number of anilines is 1. The zero-order valence-corrected chi connectivity index (χ0v) is 50.2. The van der Waals surface area contributed by atoms with E-state index in [-0.39, 0.29) is 37.2 Å². The molecule has 23 nitrogen and oxygen atoms in total. The molecule has 3 aliphatic heterocycles. The molecule has 0 fully saturated rings. The molecule has 3 aromatic rings. The number of carbonyl (C=O) groups is 3. The maximum atomic E-state index is 12.8. The van der Waals surface area contributed by atoms with Gasteiger partial charge in [0.25, 0.3) is 11.8 Å². The molecule has 0 saturated carbocycles. The van der Waals surface area contributed by atoms with Crippen molar-refractivity contribution < 1.29 is 89.8 Å². The number of rotatable bonds is 30. The quantitative estimate of drug-likeness (QED) is 0.0417. The molecule has 84 heavy (non-hydrogen) atoms. The van der Waals surface area contributed by atoms with Gasteiger partial charge in [0.2, 0.25) is 11.6 Å². The molecule has 7 rings (SSSR count). The molecule has 0 atom stereocenters. The third-order valence-electron chi connectivity index (χ3n) is 14.7. The smallest absolute Gasteiger partial charge is 0.253 e. The fraction of sp³-hybridized carbons (Fsp3) is 0.439. The van der Waals surface area contributed by atoms with Crippen molar-refractivity contribution in [2.45, 2.75) is 93.3 Å². The SMILES string of the molecule is CC1(C)C(/C=C/C2=C(Oc3ccc(CCC(=O)NCCCOCCOCCOCCCN4C(=O)C=CC4=O)cc3)C(=C/C=C3/N(CCS(=O)(=O)[O-])c4ccc(S(=O)(=O)[O-])cc4C3(C)C)/CCC2)=[N+](CCS(=O)(=O)[O-])c2ccc(S(=O)(=O)[O-])cc21. The number of nitrogens with one attached hydrogen (secondary N) is 1. The van der Waals surface area contributed by atoms with Gasteiger partial charge in [-0.05, 0) is 129 Å². The van der Waals surface area contributed by atoms with Crippen LogP contribution in [0.3, 0.4) is 0 Å². The number of nitrogens with zero attached hydrogens (tertiary/aromatic N) is 3. The van der Waals surface area contributed by atoms with Crippen molar-refractivity contribution in [1.29, 1.82) is 0 Å². The average Bonchev–Trinajstić information content (AvgIpc) is 1.76. The number of imide groups is 1. The van der Waals surface area contributed by atoms with Crippen molar-refractivity contribution in [2.75, 3.05) is 82.2 Å². The van der Waals surface area contributed by atoms with E-state index in [0.717, 1.165) is 22.6 Å². The highest BCUT2D eigenvalue weighted by Crippen LogP contribution is 2.49. The number of hydrogen-bond acceptors (Lipinski definition) is 20. The van der Waals surface area contributed by atoms with Gasteiger partial charge in [-0.2, -0.15) is 4.58 Å². The molecule has 0 aromatic heterocycles. The van der Waals surface area contributed by atoms with Gasteiger partial charge < -0.3 is 47.4 Å². The van der Waals surface area contributed by atoms with Crippen LogP contribution in [0.25, 0.3) is 0 Å². The largest absolute Gasteiger partial charge is 0.748 e. The lowest BCUT2D eigenvalue weighted by atomic mass is 9.81. The van der Waals surface area contributed by atoms with Crippen LogP contribution in [0.5, 0.6) is 5.75 Å². The van der Waals surface area contributed by atoms with E-state index in [1.54, 1.807) is 73.6 Å². The summed E-state index contributed by atoms with van der Waals surface area (Å²) >= 11 is 0. The fourth-order valence-corrected chi connectivity index (χ4v) is 12.1. The van der Waals surface area contributed by atoms with E-state index in [9.17, 15) is 66.3 Å². The van der Waals surface area contributed by atoms with Gasteiger partial charge in [-0.15, -0.1) is 0 Å². The molecule has 0 saturated heterocycles. The van der Waals surface area contributed by atoms with Crippen LogP contribution in [0.15, 0.2) is 130 Å². The highest BCUT2D eigenvalue weighted by molar-refractivity contribution is 7.86. The topological polar surface area (TPSA) is 338 Å². The van der Waals surface area contributed by atoms with Gasteiger partial charge in [0.1, 0.15) is 41.9 Å². The van der Waals surface area contributed by atoms with E-state index < -0.39 is 72.6 Å². The molecule has 1 aliphatic carbocycles. The second-order valence-electron chi connectivity index (χ2n) is 21.3. The van der Waals surface area contributed by atoms with Crippen LogP contribution >= 0.6 is 0 Å². The van der Waals surface area contributed by atoms with Crippen LogP contribution in [-0.2, 0) is 86.3 Å². The third kappa shape index (κ3) is 17.2. The molecule has 456 valence electrons. The summed E-state index contributed by atoms with van der Waals surface area (Å²) in [5.41, 5.74) is 2.62. The maximum absolute atomic E-state index is 12.8. The van der Waals surface area contributed by atoms with E-state index in [1.165, 1.54) is 36.4 Å². The van der Waals surface area contributed by atoms with Gasteiger partial charge in [0.15, 0.2) is 12.3 Å². The van der Waals surface area contributed by atoms with Gasteiger partial charge in [-0.3, -0.25) is 19.3 Å². The van der Waals surface area contributed by atoms with E-state index in [4.69, 9.17) is 18.9 Å². The highest BCUT2D eigenvalue weighted by Gasteiger charge is 2.45. The number of fused-ring (bicyclic) bond motifs is 2. The van der Waals surface area contributed by atoms with Gasteiger partial charge >= 0.3 is 0 Å². The fourth-order valence-electron chi connectivity index (χ4n) is 10.3. The Morgan fingerprint density at radius 1 is 0.667 bits per heavy atom. The summed E-state index contributed by atoms with van der Waals surface area (Å²) in [5.74, 6) is -1.59. The van der Waals surface area contributed by atoms with Crippen molar-refractivity contribution in [2.24, 2.45) is 0 Å². The van der Waals surface area contributed by atoms with E-state index >= 15 is 0 Å². The molecule has 4 aliphatic rings. The number of carbonyl (C=O) groups excluding carboxylic acids is 3. The van der Waals surface area contributed by atoms with E-state index in [1.807, 2.05) is 12.1 Å². The predicted octanol–water partition coefficient (Wildman–Crippen LogP) is 4.45. The predicted molar refractivity (Wildman–Crippen MR) is 303 cm³/mol. The van der Waals surface area contributed by atoms with Crippen LogP contribution in [0.1, 0.15) is 82.9 Å². The summed E-state index contributed by atoms with van der Waals surface area (Å²) in [6.45, 7) is 9.37. The Kier molecular flexibility index (Phi) is 21.3. The summed E-state index contributed by atoms with van der Waals surface area (Å²) < 4.78 is 170. The zero-order chi connectivity index (χ0) is 61.3. The first-order valence-electron chi connectivity index (χ1n) is 27.1. The standard InChI is InChI=1S/C57H70N4O19S4/c1-56(2)46-38-44(83(71,72)73)17-19-48(46)59(28-36-81(65,66)67)50(56)21-13-41-8-5-9-42(14-22-51-57(3,4)47-39-45(84(74,75)76)18-20-49(47)60(51)29-37-82(68,69)70)55(41)80-43-15-10-40(11-16-43)12-23-52(62)58-26-6-30-77-32-34-79-35-33-78-31-7-27-61-53(63)24-25-54(61)64/h10-11,13-22,24-25,38-39H,5-9,12,23,26-37H2,1-4H3,(H4-,58,62,65,66,67,68,69,70,71,72,73,74,75,76)/p-3. The lowest BCUT2D eigenvalue weighted by Crippen LogP contribution is -2.31. The average molecular weight is 1240 g/mol. The number of ether oxygens (including phenoxy) is 4. The first kappa shape index (κ1) is 65.3. The van der Waals surface area contributed by atoms with Crippen LogP contribution in [-0.4, -0.2) is 162 Å². The molecule has 3 aromatic carbocycles. The molecule has 3 heterocycles. The van der Waals surface area contributed by atoms with Crippen molar-refractivity contribution >= 4 is 75.3 Å². The Morgan fingerprint density at radius 2 is 1.26 bits per heavy atom. The van der Waals surface area contributed by atoms with Crippen molar-refractivity contribution in [1.82, 2.24) is 10.2 Å². The molecule has 3 amide bonds. The van der Waals surface area contributed by atoms with Crippen molar-refractivity contribution in [3.63, 3.8) is 0 Å². The van der Waals surface area contributed by atoms with Crippen LogP contribution < -0.4 is 15.0 Å². The van der Waals surface area contributed by atoms with Crippen molar-refractivity contribution in [3.8, 4) is 5.75 Å². The molecule has 0 bridgehead atoms. The normalized spacial score (nSPS) is 18.0. The number of allylic oxidation sites excluding steroid dienone is 7. The second-order valence-corrected chi connectivity index (χ2v) is 27.1. The van der Waals surface area contributed by atoms with Crippen LogP contribution in [0.2, 0.25) is 0 Å². The highest BCUT2D eigenvalue weighted by atomic mass is 32.2. The molecule has 0 spiro atoms. The molecular formula is C57H67N4O19S4-3. The first-order valence-corrected chi connectivity index (χ1v) is 33.0. The number of aryl methyl sites for hydroxylation is 1. The van der Waals surface area contributed by atoms with Crippen molar-refractivity contribution in [3.05, 3.63) is 136 Å².